The van der Waals surface area contributed by atoms with Gasteiger partial charge in [0.2, 0.25) is 0 Å². The van der Waals surface area contributed by atoms with E-state index in [1.54, 1.807) is 55.4 Å². The molecule has 0 aliphatic heterocycles. The summed E-state index contributed by atoms with van der Waals surface area (Å²) < 4.78 is -2.59. The quantitative estimate of drug-likeness (QED) is 0.160. The van der Waals surface area contributed by atoms with Crippen LogP contribution in [0.15, 0.2) is 0 Å². The Hall–Kier alpha value is -0.180. The van der Waals surface area contributed by atoms with Gasteiger partial charge in [0.1, 0.15) is 24.2 Å². The molecule has 0 heterocycles. The van der Waals surface area contributed by atoms with Crippen molar-refractivity contribution in [2.75, 3.05) is 0 Å². The Morgan fingerprint density at radius 2 is 0.526 bits per heavy atom. The van der Waals surface area contributed by atoms with Gasteiger partial charge in [0.15, 0.2) is 0 Å². The van der Waals surface area contributed by atoms with Crippen LogP contribution >= 0.6 is 77.5 Å². The number of carbonyl (C=O) groups is 4. The summed E-state index contributed by atoms with van der Waals surface area (Å²) in [6.45, 7) is 13.3. The first-order chi connectivity index (χ1) is 15.4. The standard InChI is InChI=1S/4C5H11NO2S.2H2S/c4*1-5(2,9)3(6)4(7)8;;/h4*3,9H,6H2,1-2H3,(H,7,8);2*1H2/t4*3-;;/m0000../s1. The van der Waals surface area contributed by atoms with Crippen molar-refractivity contribution in [3.05, 3.63) is 0 Å². The van der Waals surface area contributed by atoms with Gasteiger partial charge in [-0.05, 0) is 55.4 Å². The first-order valence-electron chi connectivity index (χ1n) is 10.2. The topological polar surface area (TPSA) is 253 Å². The molecule has 0 aliphatic rings. The third-order valence-corrected chi connectivity index (χ3v) is 5.22. The molecule has 0 spiro atoms. The van der Waals surface area contributed by atoms with Crippen molar-refractivity contribution < 1.29 is 39.6 Å². The minimum absolute atomic E-state index is 0. The molecule has 0 aromatic rings. The average molecular weight is 665 g/mol. The zero-order valence-electron chi connectivity index (χ0n) is 22.8. The number of aliphatic carboxylic acids is 4. The monoisotopic (exact) mass is 664 g/mol. The van der Waals surface area contributed by atoms with Gasteiger partial charge in [0.25, 0.3) is 0 Å². The second kappa shape index (κ2) is 20.7. The van der Waals surface area contributed by atoms with Crippen molar-refractivity contribution in [1.29, 1.82) is 0 Å². The second-order valence-corrected chi connectivity index (χ2v) is 14.5. The van der Waals surface area contributed by atoms with E-state index in [4.69, 9.17) is 43.4 Å². The number of hydrogen-bond acceptors (Lipinski definition) is 12. The predicted octanol–water partition coefficient (Wildman–Crippen LogP) is 0.652. The molecule has 38 heavy (non-hydrogen) atoms. The summed E-state index contributed by atoms with van der Waals surface area (Å²) in [7, 11) is 0. The largest absolute Gasteiger partial charge is 0.480 e. The molecule has 0 saturated heterocycles. The van der Waals surface area contributed by atoms with Gasteiger partial charge in [-0.2, -0.15) is 77.5 Å². The van der Waals surface area contributed by atoms with Crippen LogP contribution in [0.4, 0.5) is 0 Å². The minimum Gasteiger partial charge on any atom is -0.480 e. The van der Waals surface area contributed by atoms with Crippen molar-refractivity contribution in [2.24, 2.45) is 22.9 Å². The van der Waals surface area contributed by atoms with Crippen molar-refractivity contribution >= 4 is 101 Å². The van der Waals surface area contributed by atoms with E-state index in [1.165, 1.54) is 0 Å². The summed E-state index contributed by atoms with van der Waals surface area (Å²) in [4.78, 5) is 40.7. The SMILES string of the molecule is CC(C)(S)[C@@H](N)C(=O)O.CC(C)(S)[C@@H](N)C(=O)O.CC(C)(S)[C@@H](N)C(=O)O.CC(C)(S)[C@@H](N)C(=O)O.S.S. The summed E-state index contributed by atoms with van der Waals surface area (Å²) in [5.74, 6) is -4.07. The van der Waals surface area contributed by atoms with Crippen LogP contribution in [0.25, 0.3) is 0 Å². The van der Waals surface area contributed by atoms with Gasteiger partial charge in [-0.15, -0.1) is 0 Å². The van der Waals surface area contributed by atoms with Crippen LogP contribution in [0.1, 0.15) is 55.4 Å². The first kappa shape index (κ1) is 50.6. The molecule has 12 nitrogen and oxygen atoms in total. The summed E-state index contributed by atoms with van der Waals surface area (Å²) in [5, 5.41) is 33.4. The number of rotatable bonds is 8. The number of nitrogens with two attached hydrogens (primary N) is 4. The van der Waals surface area contributed by atoms with Crippen LogP contribution in [0.3, 0.4) is 0 Å². The lowest BCUT2D eigenvalue weighted by Gasteiger charge is -2.21. The average Bonchev–Trinajstić information content (AvgIpc) is 2.63. The minimum atomic E-state index is -1.02. The molecule has 0 unspecified atom stereocenters. The number of hydrogen-bond donors (Lipinski definition) is 12. The van der Waals surface area contributed by atoms with E-state index in [-0.39, 0.29) is 27.0 Å². The molecule has 0 fully saturated rings. The maximum atomic E-state index is 10.2. The van der Waals surface area contributed by atoms with Gasteiger partial charge >= 0.3 is 23.9 Å². The Bertz CT molecular complexity index is 600. The number of carboxylic acids is 4. The fourth-order valence-corrected chi connectivity index (χ4v) is 1.65. The summed E-state index contributed by atoms with van der Waals surface area (Å²) in [6, 6.07) is -3.61. The van der Waals surface area contributed by atoms with Crippen molar-refractivity contribution in [2.45, 2.75) is 98.5 Å². The molecule has 0 radical (unpaired) electrons. The zero-order valence-corrected chi connectivity index (χ0v) is 28.4. The van der Waals surface area contributed by atoms with E-state index in [0.29, 0.717) is 0 Å². The highest BCUT2D eigenvalue weighted by atomic mass is 32.1. The maximum Gasteiger partial charge on any atom is 0.321 e. The summed E-state index contributed by atoms with van der Waals surface area (Å²) in [6.07, 6.45) is 0. The van der Waals surface area contributed by atoms with Crippen LogP contribution in [0.5, 0.6) is 0 Å². The van der Waals surface area contributed by atoms with Gasteiger partial charge < -0.3 is 43.4 Å². The third-order valence-electron chi connectivity index (χ3n) is 4.11. The summed E-state index contributed by atoms with van der Waals surface area (Å²) >= 11 is 15.9. The fraction of sp³-hybridized carbons (Fsp3) is 0.800. The third kappa shape index (κ3) is 27.4. The smallest absolute Gasteiger partial charge is 0.321 e. The van der Waals surface area contributed by atoms with E-state index >= 15 is 0 Å². The number of carboxylic acid groups (broad SMARTS) is 4. The van der Waals surface area contributed by atoms with Crippen molar-refractivity contribution in [3.63, 3.8) is 0 Å². The number of thiol groups is 4. The molecule has 0 bridgehead atoms. The highest BCUT2D eigenvalue weighted by molar-refractivity contribution is 7.82. The van der Waals surface area contributed by atoms with Gasteiger partial charge in [-0.1, -0.05) is 0 Å². The van der Waals surface area contributed by atoms with Crippen LogP contribution in [-0.4, -0.2) is 87.5 Å². The zero-order chi connectivity index (χ0) is 30.6. The molecule has 12 N–H and O–H groups in total. The Morgan fingerprint density at radius 1 is 0.447 bits per heavy atom. The van der Waals surface area contributed by atoms with Crippen molar-refractivity contribution in [3.8, 4) is 0 Å². The fourth-order valence-electron chi connectivity index (χ4n) is 1.21. The normalized spacial score (nSPS) is 14.3. The first-order valence-corrected chi connectivity index (χ1v) is 12.0. The molecule has 232 valence electrons. The lowest BCUT2D eigenvalue weighted by Crippen LogP contribution is -2.45. The molecule has 0 aromatic carbocycles. The van der Waals surface area contributed by atoms with E-state index in [0.717, 1.165) is 0 Å². The molecule has 0 saturated carbocycles. The lowest BCUT2D eigenvalue weighted by molar-refractivity contribution is -0.140. The molecule has 0 aromatic heterocycles. The summed E-state index contributed by atoms with van der Waals surface area (Å²) in [5.41, 5.74) is 20.9. The Kier molecular flexibility index (Phi) is 27.5. The van der Waals surface area contributed by atoms with Gasteiger partial charge in [-0.3, -0.25) is 19.2 Å². The Morgan fingerprint density at radius 3 is 0.526 bits per heavy atom. The molecule has 18 heteroatoms. The molecule has 0 rings (SSSR count). The molecule has 4 atom stereocenters. The lowest BCUT2D eigenvalue weighted by atomic mass is 10.1. The van der Waals surface area contributed by atoms with Crippen LogP contribution in [0.2, 0.25) is 0 Å². The van der Waals surface area contributed by atoms with E-state index in [2.05, 4.69) is 50.5 Å². The van der Waals surface area contributed by atoms with Crippen molar-refractivity contribution in [1.82, 2.24) is 0 Å². The molecule has 0 aliphatic carbocycles. The highest BCUT2D eigenvalue weighted by Gasteiger charge is 2.29. The van der Waals surface area contributed by atoms with Crippen LogP contribution in [0, 0.1) is 0 Å². The molecule has 0 amide bonds. The van der Waals surface area contributed by atoms with Gasteiger partial charge in [0.05, 0.1) is 0 Å². The Labute approximate surface area is 261 Å². The van der Waals surface area contributed by atoms with Gasteiger partial charge in [0, 0.05) is 19.0 Å². The van der Waals surface area contributed by atoms with Crippen LogP contribution < -0.4 is 22.9 Å². The van der Waals surface area contributed by atoms with E-state index in [1.807, 2.05) is 0 Å². The second-order valence-electron chi connectivity index (χ2n) is 9.88. The van der Waals surface area contributed by atoms with Gasteiger partial charge in [-0.25, -0.2) is 0 Å². The molecular formula is C20H48N4O8S6. The maximum absolute atomic E-state index is 10.2. The van der Waals surface area contributed by atoms with Crippen LogP contribution in [-0.2, 0) is 19.2 Å². The van der Waals surface area contributed by atoms with E-state index < -0.39 is 67.0 Å². The van der Waals surface area contributed by atoms with E-state index in [9.17, 15) is 19.2 Å². The predicted molar refractivity (Wildman–Crippen MR) is 175 cm³/mol. The molecular weight excluding hydrogens is 617 g/mol. The Balaban J connectivity index is -0.0000000883. The highest BCUT2D eigenvalue weighted by Crippen LogP contribution is 2.17.